The Morgan fingerprint density at radius 2 is 1.94 bits per heavy atom. The van der Waals surface area contributed by atoms with Crippen LogP contribution in [0.2, 0.25) is 0 Å². The zero-order chi connectivity index (χ0) is 12.8. The SMILES string of the molecule is CCCCC(CC)(CNC1CC1)COCC1CC1. The average Bonchev–Trinajstić information content (AvgIpc) is 3.26. The first-order chi connectivity index (χ1) is 8.78. The van der Waals surface area contributed by atoms with E-state index in [4.69, 9.17) is 4.74 Å². The van der Waals surface area contributed by atoms with Crippen LogP contribution in [0.3, 0.4) is 0 Å². The minimum atomic E-state index is 0.396. The number of rotatable bonds is 11. The Bertz CT molecular complexity index is 235. The predicted octanol–water partition coefficient (Wildman–Crippen LogP) is 3.75. The molecular weight excluding hydrogens is 222 g/mol. The third-order valence-corrected chi connectivity index (χ3v) is 4.61. The van der Waals surface area contributed by atoms with Crippen molar-refractivity contribution in [3.63, 3.8) is 0 Å². The Morgan fingerprint density at radius 1 is 1.17 bits per heavy atom. The molecule has 0 radical (unpaired) electrons. The van der Waals surface area contributed by atoms with Crippen molar-refractivity contribution < 1.29 is 4.74 Å². The van der Waals surface area contributed by atoms with Gasteiger partial charge >= 0.3 is 0 Å². The van der Waals surface area contributed by atoms with Crippen LogP contribution in [0.4, 0.5) is 0 Å². The molecule has 1 atom stereocenters. The van der Waals surface area contributed by atoms with Gasteiger partial charge in [0, 0.05) is 24.6 Å². The summed E-state index contributed by atoms with van der Waals surface area (Å²) in [5, 5.41) is 3.73. The second-order valence-corrected chi connectivity index (χ2v) is 6.57. The van der Waals surface area contributed by atoms with Gasteiger partial charge in [-0.2, -0.15) is 0 Å². The Hall–Kier alpha value is -0.0800. The fourth-order valence-corrected chi connectivity index (χ4v) is 2.54. The largest absolute Gasteiger partial charge is 0.381 e. The minimum absolute atomic E-state index is 0.396. The van der Waals surface area contributed by atoms with E-state index >= 15 is 0 Å². The highest BCUT2D eigenvalue weighted by Gasteiger charge is 2.32. The Morgan fingerprint density at radius 3 is 2.50 bits per heavy atom. The van der Waals surface area contributed by atoms with E-state index in [2.05, 4.69) is 19.2 Å². The van der Waals surface area contributed by atoms with Gasteiger partial charge < -0.3 is 10.1 Å². The van der Waals surface area contributed by atoms with E-state index in [1.54, 1.807) is 0 Å². The van der Waals surface area contributed by atoms with E-state index in [0.29, 0.717) is 5.41 Å². The first-order valence-electron chi connectivity index (χ1n) is 8.09. The number of hydrogen-bond acceptors (Lipinski definition) is 2. The molecule has 0 aromatic carbocycles. The van der Waals surface area contributed by atoms with Gasteiger partial charge in [-0.25, -0.2) is 0 Å². The summed E-state index contributed by atoms with van der Waals surface area (Å²) in [5.74, 6) is 0.891. The molecule has 2 rings (SSSR count). The average molecular weight is 253 g/mol. The summed E-state index contributed by atoms with van der Waals surface area (Å²) in [6.07, 6.45) is 10.8. The molecule has 2 heteroatoms. The predicted molar refractivity (Wildman–Crippen MR) is 76.8 cm³/mol. The summed E-state index contributed by atoms with van der Waals surface area (Å²) >= 11 is 0. The maximum atomic E-state index is 6.02. The van der Waals surface area contributed by atoms with Crippen LogP contribution in [0, 0.1) is 11.3 Å². The maximum Gasteiger partial charge on any atom is 0.0534 e. The van der Waals surface area contributed by atoms with Crippen molar-refractivity contribution in [3.8, 4) is 0 Å². The van der Waals surface area contributed by atoms with Gasteiger partial charge in [0.2, 0.25) is 0 Å². The summed E-state index contributed by atoms with van der Waals surface area (Å²) in [5.41, 5.74) is 0.396. The van der Waals surface area contributed by atoms with E-state index in [-0.39, 0.29) is 0 Å². The second kappa shape index (κ2) is 6.91. The zero-order valence-corrected chi connectivity index (χ0v) is 12.3. The summed E-state index contributed by atoms with van der Waals surface area (Å²) in [6.45, 7) is 7.78. The molecule has 1 unspecified atom stereocenters. The van der Waals surface area contributed by atoms with Crippen LogP contribution >= 0.6 is 0 Å². The summed E-state index contributed by atoms with van der Waals surface area (Å²) in [4.78, 5) is 0. The third kappa shape index (κ3) is 4.89. The van der Waals surface area contributed by atoms with Crippen LogP contribution in [-0.2, 0) is 4.74 Å². The molecule has 0 aromatic rings. The Balaban J connectivity index is 1.75. The molecule has 0 heterocycles. The molecule has 2 fully saturated rings. The lowest BCUT2D eigenvalue weighted by atomic mass is 9.80. The van der Waals surface area contributed by atoms with E-state index in [0.717, 1.165) is 25.2 Å². The van der Waals surface area contributed by atoms with Crippen LogP contribution < -0.4 is 5.32 Å². The van der Waals surface area contributed by atoms with Gasteiger partial charge in [-0.05, 0) is 44.4 Å². The summed E-state index contributed by atoms with van der Waals surface area (Å²) in [6, 6.07) is 0.820. The lowest BCUT2D eigenvalue weighted by Crippen LogP contribution is -2.39. The number of unbranched alkanes of at least 4 members (excludes halogenated alkanes) is 1. The molecule has 0 spiro atoms. The van der Waals surface area contributed by atoms with E-state index in [1.165, 1.54) is 57.9 Å². The molecule has 2 aliphatic carbocycles. The van der Waals surface area contributed by atoms with Gasteiger partial charge in [0.25, 0.3) is 0 Å². The van der Waals surface area contributed by atoms with Gasteiger partial charge in [-0.3, -0.25) is 0 Å². The quantitative estimate of drug-likeness (QED) is 0.605. The minimum Gasteiger partial charge on any atom is -0.381 e. The van der Waals surface area contributed by atoms with Crippen LogP contribution in [0.1, 0.15) is 65.2 Å². The normalized spacial score (nSPS) is 23.0. The maximum absolute atomic E-state index is 6.02. The topological polar surface area (TPSA) is 21.3 Å². The standard InChI is InChI=1S/C16H31NO/c1-3-5-10-16(4-2,12-17-15-8-9-15)13-18-11-14-6-7-14/h14-15,17H,3-13H2,1-2H3. The van der Waals surface area contributed by atoms with Crippen molar-refractivity contribution in [2.45, 2.75) is 71.3 Å². The van der Waals surface area contributed by atoms with Crippen LogP contribution in [0.25, 0.3) is 0 Å². The van der Waals surface area contributed by atoms with Gasteiger partial charge in [0.1, 0.15) is 0 Å². The van der Waals surface area contributed by atoms with Crippen LogP contribution in [0.15, 0.2) is 0 Å². The lowest BCUT2D eigenvalue weighted by Gasteiger charge is -2.33. The highest BCUT2D eigenvalue weighted by molar-refractivity contribution is 4.87. The van der Waals surface area contributed by atoms with Crippen molar-refractivity contribution in [2.75, 3.05) is 19.8 Å². The van der Waals surface area contributed by atoms with Gasteiger partial charge in [0.05, 0.1) is 6.61 Å². The first-order valence-corrected chi connectivity index (χ1v) is 8.09. The highest BCUT2D eigenvalue weighted by Crippen LogP contribution is 2.33. The van der Waals surface area contributed by atoms with Gasteiger partial charge in [-0.15, -0.1) is 0 Å². The molecule has 0 aromatic heterocycles. The van der Waals surface area contributed by atoms with Crippen molar-refractivity contribution in [1.29, 1.82) is 0 Å². The monoisotopic (exact) mass is 253 g/mol. The molecule has 0 saturated heterocycles. The van der Waals surface area contributed by atoms with E-state index < -0.39 is 0 Å². The summed E-state index contributed by atoms with van der Waals surface area (Å²) in [7, 11) is 0. The third-order valence-electron chi connectivity index (χ3n) is 4.61. The fraction of sp³-hybridized carbons (Fsp3) is 1.00. The number of nitrogens with one attached hydrogen (secondary N) is 1. The number of ether oxygens (including phenoxy) is 1. The highest BCUT2D eigenvalue weighted by atomic mass is 16.5. The zero-order valence-electron chi connectivity index (χ0n) is 12.3. The molecule has 18 heavy (non-hydrogen) atoms. The fourth-order valence-electron chi connectivity index (χ4n) is 2.54. The molecule has 0 aliphatic heterocycles. The van der Waals surface area contributed by atoms with Crippen LogP contribution in [-0.4, -0.2) is 25.8 Å². The van der Waals surface area contributed by atoms with Gasteiger partial charge in [0.15, 0.2) is 0 Å². The molecule has 0 bridgehead atoms. The molecule has 106 valence electrons. The van der Waals surface area contributed by atoms with E-state index in [1.807, 2.05) is 0 Å². The van der Waals surface area contributed by atoms with Crippen molar-refractivity contribution >= 4 is 0 Å². The summed E-state index contributed by atoms with van der Waals surface area (Å²) < 4.78 is 6.02. The molecule has 2 aliphatic rings. The van der Waals surface area contributed by atoms with Crippen LogP contribution in [0.5, 0.6) is 0 Å². The van der Waals surface area contributed by atoms with Gasteiger partial charge in [-0.1, -0.05) is 26.7 Å². The smallest absolute Gasteiger partial charge is 0.0534 e. The lowest BCUT2D eigenvalue weighted by molar-refractivity contribution is 0.0282. The van der Waals surface area contributed by atoms with Crippen molar-refractivity contribution in [1.82, 2.24) is 5.32 Å². The molecule has 2 saturated carbocycles. The molecule has 1 N–H and O–H groups in total. The Labute approximate surface area is 113 Å². The molecular formula is C16H31NO. The van der Waals surface area contributed by atoms with E-state index in [9.17, 15) is 0 Å². The van der Waals surface area contributed by atoms with Crippen molar-refractivity contribution in [3.05, 3.63) is 0 Å². The first kappa shape index (κ1) is 14.3. The Kier molecular flexibility index (Phi) is 5.50. The van der Waals surface area contributed by atoms with Crippen molar-refractivity contribution in [2.24, 2.45) is 11.3 Å². The molecule has 0 amide bonds. The molecule has 2 nitrogen and oxygen atoms in total. The second-order valence-electron chi connectivity index (χ2n) is 6.57. The number of hydrogen-bond donors (Lipinski definition) is 1.